The Morgan fingerprint density at radius 1 is 1.21 bits per heavy atom. The van der Waals surface area contributed by atoms with Gasteiger partial charge in [0.25, 0.3) is 0 Å². The van der Waals surface area contributed by atoms with Gasteiger partial charge in [0.1, 0.15) is 5.60 Å². The van der Waals surface area contributed by atoms with Crippen molar-refractivity contribution in [3.8, 4) is 0 Å². The molecule has 0 aliphatic heterocycles. The Morgan fingerprint density at radius 2 is 1.89 bits per heavy atom. The molecule has 0 saturated carbocycles. The average molecular weight is 258 g/mol. The fourth-order valence-electron chi connectivity index (χ4n) is 2.59. The van der Waals surface area contributed by atoms with E-state index in [1.165, 1.54) is 5.57 Å². The maximum absolute atomic E-state index is 10.9. The molecular formula is C16H22N2O. The lowest BCUT2D eigenvalue weighted by molar-refractivity contribution is 0.0945. The second-order valence-electron chi connectivity index (χ2n) is 5.39. The molecule has 1 atom stereocenters. The molecule has 3 heteroatoms. The fraction of sp³-hybridized carbons (Fsp3) is 0.438. The van der Waals surface area contributed by atoms with Crippen LogP contribution in [0.2, 0.25) is 0 Å². The van der Waals surface area contributed by atoms with Gasteiger partial charge in [0.2, 0.25) is 0 Å². The SMILES string of the molecule is CN(C)/N=C/C1=C(C(C)(O)c2ccccc2)CCC1. The number of nitrogens with zero attached hydrogens (tertiary/aromatic N) is 2. The molecule has 1 N–H and O–H groups in total. The molecule has 0 heterocycles. The smallest absolute Gasteiger partial charge is 0.108 e. The molecule has 0 amide bonds. The van der Waals surface area contributed by atoms with Gasteiger partial charge in [0, 0.05) is 14.1 Å². The Morgan fingerprint density at radius 3 is 2.53 bits per heavy atom. The van der Waals surface area contributed by atoms with Crippen molar-refractivity contribution in [2.75, 3.05) is 14.1 Å². The molecule has 2 rings (SSSR count). The first-order valence-corrected chi connectivity index (χ1v) is 6.73. The lowest BCUT2D eigenvalue weighted by Crippen LogP contribution is -2.24. The molecule has 0 radical (unpaired) electrons. The molecule has 102 valence electrons. The quantitative estimate of drug-likeness (QED) is 0.666. The van der Waals surface area contributed by atoms with Gasteiger partial charge in [-0.1, -0.05) is 30.3 Å². The summed E-state index contributed by atoms with van der Waals surface area (Å²) in [6.07, 6.45) is 4.92. The Labute approximate surface area is 115 Å². The molecule has 0 spiro atoms. The zero-order valence-electron chi connectivity index (χ0n) is 11.9. The topological polar surface area (TPSA) is 35.8 Å². The number of hydrogen-bond acceptors (Lipinski definition) is 3. The van der Waals surface area contributed by atoms with Gasteiger partial charge in [-0.3, -0.25) is 0 Å². The van der Waals surface area contributed by atoms with Crippen molar-refractivity contribution in [2.45, 2.75) is 31.8 Å². The van der Waals surface area contributed by atoms with Crippen LogP contribution < -0.4 is 0 Å². The zero-order chi connectivity index (χ0) is 13.9. The van der Waals surface area contributed by atoms with Gasteiger partial charge in [0.15, 0.2) is 0 Å². The molecule has 19 heavy (non-hydrogen) atoms. The summed E-state index contributed by atoms with van der Waals surface area (Å²) in [4.78, 5) is 0. The number of allylic oxidation sites excluding steroid dienone is 1. The Bertz CT molecular complexity index is 487. The standard InChI is InChI=1S/C16H22N2O/c1-16(19,14-9-5-4-6-10-14)15-11-7-8-13(15)12-17-18(2)3/h4-6,9-10,12,19H,7-8,11H2,1-3H3/b17-12+. The summed E-state index contributed by atoms with van der Waals surface area (Å²) in [5.41, 5.74) is 2.32. The highest BCUT2D eigenvalue weighted by molar-refractivity contribution is 5.81. The first-order valence-electron chi connectivity index (χ1n) is 6.73. The van der Waals surface area contributed by atoms with Crippen LogP contribution >= 0.6 is 0 Å². The van der Waals surface area contributed by atoms with Crippen LogP contribution in [0.1, 0.15) is 31.7 Å². The molecule has 1 aliphatic rings. The molecule has 0 saturated heterocycles. The minimum Gasteiger partial charge on any atom is -0.381 e. The van der Waals surface area contributed by atoms with Crippen LogP contribution in [0.15, 0.2) is 46.6 Å². The van der Waals surface area contributed by atoms with Gasteiger partial charge >= 0.3 is 0 Å². The molecule has 0 bridgehead atoms. The van der Waals surface area contributed by atoms with Crippen molar-refractivity contribution in [2.24, 2.45) is 5.10 Å². The second-order valence-corrected chi connectivity index (χ2v) is 5.39. The normalized spacial score (nSPS) is 18.9. The number of hydrogen-bond donors (Lipinski definition) is 1. The summed E-state index contributed by atoms with van der Waals surface area (Å²) in [7, 11) is 3.81. The van der Waals surface area contributed by atoms with E-state index in [2.05, 4.69) is 5.10 Å². The number of rotatable bonds is 4. The van der Waals surface area contributed by atoms with E-state index < -0.39 is 5.60 Å². The van der Waals surface area contributed by atoms with E-state index in [-0.39, 0.29) is 0 Å². The molecule has 1 unspecified atom stereocenters. The third kappa shape index (κ3) is 3.04. The van der Waals surface area contributed by atoms with Crippen LogP contribution in [-0.2, 0) is 5.60 Å². The molecule has 1 aromatic carbocycles. The van der Waals surface area contributed by atoms with Crippen LogP contribution in [0.25, 0.3) is 0 Å². The van der Waals surface area contributed by atoms with Crippen molar-refractivity contribution in [1.29, 1.82) is 0 Å². The number of hydrazone groups is 1. The van der Waals surface area contributed by atoms with Gasteiger partial charge in [0.05, 0.1) is 6.21 Å². The molecule has 0 aromatic heterocycles. The van der Waals surface area contributed by atoms with Gasteiger partial charge in [-0.15, -0.1) is 0 Å². The third-order valence-electron chi connectivity index (χ3n) is 3.63. The van der Waals surface area contributed by atoms with Crippen LogP contribution in [0, 0.1) is 0 Å². The van der Waals surface area contributed by atoms with Gasteiger partial charge in [-0.25, -0.2) is 0 Å². The lowest BCUT2D eigenvalue weighted by atomic mass is 9.86. The predicted molar refractivity (Wildman–Crippen MR) is 79.1 cm³/mol. The summed E-state index contributed by atoms with van der Waals surface area (Å²) >= 11 is 0. The van der Waals surface area contributed by atoms with Crippen LogP contribution in [0.5, 0.6) is 0 Å². The minimum atomic E-state index is -0.897. The van der Waals surface area contributed by atoms with Crippen LogP contribution in [-0.4, -0.2) is 30.4 Å². The van der Waals surface area contributed by atoms with Gasteiger partial charge < -0.3 is 10.1 Å². The van der Waals surface area contributed by atoms with Crippen LogP contribution in [0.4, 0.5) is 0 Å². The zero-order valence-corrected chi connectivity index (χ0v) is 11.9. The summed E-state index contributed by atoms with van der Waals surface area (Å²) < 4.78 is 0. The highest BCUT2D eigenvalue weighted by atomic mass is 16.3. The lowest BCUT2D eigenvalue weighted by Gasteiger charge is -2.26. The number of benzene rings is 1. The number of aliphatic hydroxyl groups is 1. The first-order chi connectivity index (χ1) is 9.01. The van der Waals surface area contributed by atoms with Crippen molar-refractivity contribution in [3.63, 3.8) is 0 Å². The van der Waals surface area contributed by atoms with E-state index in [4.69, 9.17) is 0 Å². The maximum Gasteiger partial charge on any atom is 0.108 e. The second kappa shape index (κ2) is 5.57. The summed E-state index contributed by atoms with van der Waals surface area (Å²) in [5.74, 6) is 0. The largest absolute Gasteiger partial charge is 0.381 e. The van der Waals surface area contributed by atoms with Crippen molar-refractivity contribution < 1.29 is 5.11 Å². The Hall–Kier alpha value is -1.61. The first kappa shape index (κ1) is 13.8. The highest BCUT2D eigenvalue weighted by Gasteiger charge is 2.32. The Balaban J connectivity index is 2.35. The summed E-state index contributed by atoms with van der Waals surface area (Å²) in [5, 5.41) is 17.0. The van der Waals surface area contributed by atoms with E-state index in [1.54, 1.807) is 5.01 Å². The monoisotopic (exact) mass is 258 g/mol. The average Bonchev–Trinajstić information content (AvgIpc) is 2.86. The minimum absolute atomic E-state index is 0.897. The van der Waals surface area contributed by atoms with E-state index in [0.717, 1.165) is 30.4 Å². The van der Waals surface area contributed by atoms with E-state index in [1.807, 2.05) is 57.6 Å². The Kier molecular flexibility index (Phi) is 4.05. The van der Waals surface area contributed by atoms with E-state index in [0.29, 0.717) is 0 Å². The maximum atomic E-state index is 10.9. The van der Waals surface area contributed by atoms with Crippen molar-refractivity contribution >= 4 is 6.21 Å². The third-order valence-corrected chi connectivity index (χ3v) is 3.63. The van der Waals surface area contributed by atoms with Crippen molar-refractivity contribution in [3.05, 3.63) is 47.0 Å². The van der Waals surface area contributed by atoms with Gasteiger partial charge in [-0.2, -0.15) is 5.10 Å². The summed E-state index contributed by atoms with van der Waals surface area (Å²) in [6.45, 7) is 1.88. The fourth-order valence-corrected chi connectivity index (χ4v) is 2.59. The van der Waals surface area contributed by atoms with E-state index >= 15 is 0 Å². The highest BCUT2D eigenvalue weighted by Crippen LogP contribution is 2.39. The molecule has 0 fully saturated rings. The van der Waals surface area contributed by atoms with Crippen LogP contribution in [0.3, 0.4) is 0 Å². The van der Waals surface area contributed by atoms with E-state index in [9.17, 15) is 5.11 Å². The molecule has 3 nitrogen and oxygen atoms in total. The predicted octanol–water partition coefficient (Wildman–Crippen LogP) is 2.92. The molecule has 1 aromatic rings. The van der Waals surface area contributed by atoms with Crippen molar-refractivity contribution in [1.82, 2.24) is 5.01 Å². The van der Waals surface area contributed by atoms with Gasteiger partial charge in [-0.05, 0) is 42.9 Å². The summed E-state index contributed by atoms with van der Waals surface area (Å²) in [6, 6.07) is 9.86. The molecular weight excluding hydrogens is 236 g/mol. The molecule has 1 aliphatic carbocycles.